The van der Waals surface area contributed by atoms with Gasteiger partial charge in [-0.2, -0.15) is 0 Å². The molecule has 3 heterocycles. The van der Waals surface area contributed by atoms with Crippen LogP contribution in [0, 0.1) is 5.92 Å². The van der Waals surface area contributed by atoms with Crippen LogP contribution in [-0.4, -0.2) is 58.8 Å². The first-order valence-electron chi connectivity index (χ1n) is 8.38. The zero-order valence-electron chi connectivity index (χ0n) is 13.5. The van der Waals surface area contributed by atoms with Gasteiger partial charge in [-0.15, -0.1) is 11.3 Å². The zero-order chi connectivity index (χ0) is 16.2. The molecule has 6 nitrogen and oxygen atoms in total. The summed E-state index contributed by atoms with van der Waals surface area (Å²) in [4.78, 5) is 33.2. The summed E-state index contributed by atoms with van der Waals surface area (Å²) in [6, 6.07) is -0.136. The van der Waals surface area contributed by atoms with Crippen molar-refractivity contribution < 1.29 is 9.59 Å². The van der Waals surface area contributed by atoms with Crippen molar-refractivity contribution in [2.75, 3.05) is 31.5 Å². The highest BCUT2D eigenvalue weighted by molar-refractivity contribution is 7.13. The maximum absolute atomic E-state index is 12.6. The Kier molecular flexibility index (Phi) is 5.27. The summed E-state index contributed by atoms with van der Waals surface area (Å²) >= 11 is 1.43. The average Bonchev–Trinajstić information content (AvgIpc) is 3.27. The average molecular weight is 336 g/mol. The maximum atomic E-state index is 12.6. The number of likely N-dealkylation sites (tertiary alicyclic amines) is 2. The molecule has 2 amide bonds. The highest BCUT2D eigenvalue weighted by atomic mass is 32.1. The van der Waals surface area contributed by atoms with Gasteiger partial charge in [0.2, 0.25) is 11.8 Å². The van der Waals surface area contributed by atoms with Gasteiger partial charge in [0.05, 0.1) is 12.0 Å². The summed E-state index contributed by atoms with van der Waals surface area (Å²) in [7, 11) is 0. The van der Waals surface area contributed by atoms with Crippen LogP contribution in [0.15, 0.2) is 11.6 Å². The van der Waals surface area contributed by atoms with Crippen LogP contribution in [0.5, 0.6) is 0 Å². The van der Waals surface area contributed by atoms with Crippen molar-refractivity contribution in [3.63, 3.8) is 0 Å². The van der Waals surface area contributed by atoms with Crippen molar-refractivity contribution >= 4 is 28.3 Å². The Labute approximate surface area is 140 Å². The number of hydrogen-bond donors (Lipinski definition) is 1. The Hall–Kier alpha value is -1.47. The van der Waals surface area contributed by atoms with Crippen LogP contribution in [0.2, 0.25) is 0 Å². The molecule has 7 heteroatoms. The molecule has 2 fully saturated rings. The van der Waals surface area contributed by atoms with E-state index < -0.39 is 0 Å². The molecule has 2 atom stereocenters. The molecule has 0 saturated carbocycles. The number of carbonyl (C=O) groups excluding carboxylic acids is 2. The lowest BCUT2D eigenvalue weighted by atomic mass is 9.96. The van der Waals surface area contributed by atoms with Gasteiger partial charge in [0.1, 0.15) is 0 Å². The highest BCUT2D eigenvalue weighted by Crippen LogP contribution is 2.22. The molecule has 2 aliphatic heterocycles. The third kappa shape index (κ3) is 3.90. The normalized spacial score (nSPS) is 23.7. The van der Waals surface area contributed by atoms with Gasteiger partial charge in [0.15, 0.2) is 5.13 Å². The van der Waals surface area contributed by atoms with Crippen molar-refractivity contribution in [2.24, 2.45) is 5.92 Å². The number of carbonyl (C=O) groups is 2. The SMILES string of the molecule is CC(C(=O)N1CCCC1)N1CCCC(C(=O)Nc2nccs2)C1. The van der Waals surface area contributed by atoms with Gasteiger partial charge in [0.25, 0.3) is 0 Å². The van der Waals surface area contributed by atoms with E-state index in [9.17, 15) is 9.59 Å². The van der Waals surface area contributed by atoms with Crippen LogP contribution >= 0.6 is 11.3 Å². The summed E-state index contributed by atoms with van der Waals surface area (Å²) in [6.07, 6.45) is 5.73. The van der Waals surface area contributed by atoms with Gasteiger partial charge in [-0.1, -0.05) is 0 Å². The molecule has 0 radical (unpaired) electrons. The Morgan fingerprint density at radius 3 is 2.78 bits per heavy atom. The first kappa shape index (κ1) is 16.4. The predicted molar refractivity (Wildman–Crippen MR) is 90.3 cm³/mol. The Morgan fingerprint density at radius 1 is 1.30 bits per heavy atom. The second-order valence-corrected chi connectivity index (χ2v) is 7.26. The van der Waals surface area contributed by atoms with E-state index in [-0.39, 0.29) is 23.8 Å². The van der Waals surface area contributed by atoms with E-state index in [2.05, 4.69) is 15.2 Å². The molecule has 126 valence electrons. The van der Waals surface area contributed by atoms with E-state index in [1.165, 1.54) is 11.3 Å². The molecule has 2 aliphatic rings. The number of aromatic nitrogens is 1. The second-order valence-electron chi connectivity index (χ2n) is 6.37. The second kappa shape index (κ2) is 7.40. The molecular weight excluding hydrogens is 312 g/mol. The van der Waals surface area contributed by atoms with Crippen LogP contribution in [0.1, 0.15) is 32.6 Å². The smallest absolute Gasteiger partial charge is 0.239 e. The lowest BCUT2D eigenvalue weighted by molar-refractivity contribution is -0.137. The standard InChI is InChI=1S/C16H24N4O2S/c1-12(15(22)19-7-2-3-8-19)20-9-4-5-13(11-20)14(21)18-16-17-6-10-23-16/h6,10,12-13H,2-5,7-9,11H2,1H3,(H,17,18,21). The van der Waals surface area contributed by atoms with Crippen molar-refractivity contribution in [3.05, 3.63) is 11.6 Å². The van der Waals surface area contributed by atoms with E-state index in [0.29, 0.717) is 11.7 Å². The minimum Gasteiger partial charge on any atom is -0.341 e. The van der Waals surface area contributed by atoms with E-state index in [1.54, 1.807) is 6.20 Å². The third-order valence-corrected chi connectivity index (χ3v) is 5.50. The fourth-order valence-electron chi connectivity index (χ4n) is 3.42. The van der Waals surface area contributed by atoms with Gasteiger partial charge < -0.3 is 10.2 Å². The molecule has 1 aromatic rings. The monoisotopic (exact) mass is 336 g/mol. The van der Waals surface area contributed by atoms with Crippen LogP contribution in [0.25, 0.3) is 0 Å². The van der Waals surface area contributed by atoms with Crippen molar-refractivity contribution in [1.29, 1.82) is 0 Å². The van der Waals surface area contributed by atoms with Crippen molar-refractivity contribution in [1.82, 2.24) is 14.8 Å². The number of nitrogens with one attached hydrogen (secondary N) is 1. The minimum absolute atomic E-state index is 0.0190. The number of rotatable bonds is 4. The van der Waals surface area contributed by atoms with Gasteiger partial charge in [-0.05, 0) is 39.2 Å². The molecular formula is C16H24N4O2S. The molecule has 0 aromatic carbocycles. The molecule has 0 bridgehead atoms. The first-order chi connectivity index (χ1) is 11.1. The maximum Gasteiger partial charge on any atom is 0.239 e. The molecule has 2 unspecified atom stereocenters. The Balaban J connectivity index is 1.56. The minimum atomic E-state index is -0.136. The molecule has 1 N–H and O–H groups in total. The lowest BCUT2D eigenvalue weighted by Crippen LogP contribution is -2.51. The van der Waals surface area contributed by atoms with Crippen LogP contribution in [0.3, 0.4) is 0 Å². The van der Waals surface area contributed by atoms with Crippen molar-refractivity contribution in [3.8, 4) is 0 Å². The molecule has 1 aromatic heterocycles. The predicted octanol–water partition coefficient (Wildman–Crippen LogP) is 1.80. The summed E-state index contributed by atoms with van der Waals surface area (Å²) in [6.45, 7) is 5.28. The lowest BCUT2D eigenvalue weighted by Gasteiger charge is -2.36. The number of piperidine rings is 1. The highest BCUT2D eigenvalue weighted by Gasteiger charge is 2.33. The van der Waals surface area contributed by atoms with E-state index in [0.717, 1.165) is 45.3 Å². The molecule has 23 heavy (non-hydrogen) atoms. The third-order valence-electron chi connectivity index (χ3n) is 4.81. The number of thiazole rings is 1. The van der Waals surface area contributed by atoms with Crippen LogP contribution in [-0.2, 0) is 9.59 Å². The van der Waals surface area contributed by atoms with Gasteiger partial charge in [0, 0.05) is 31.2 Å². The van der Waals surface area contributed by atoms with Crippen LogP contribution in [0.4, 0.5) is 5.13 Å². The van der Waals surface area contributed by atoms with Gasteiger partial charge in [-0.25, -0.2) is 4.98 Å². The fraction of sp³-hybridized carbons (Fsp3) is 0.688. The van der Waals surface area contributed by atoms with E-state index in [4.69, 9.17) is 0 Å². The fourth-order valence-corrected chi connectivity index (χ4v) is 3.95. The number of nitrogens with zero attached hydrogens (tertiary/aromatic N) is 3. The van der Waals surface area contributed by atoms with E-state index >= 15 is 0 Å². The molecule has 2 saturated heterocycles. The Morgan fingerprint density at radius 2 is 2.09 bits per heavy atom. The zero-order valence-corrected chi connectivity index (χ0v) is 14.3. The number of anilines is 1. The van der Waals surface area contributed by atoms with E-state index in [1.807, 2.05) is 17.2 Å². The van der Waals surface area contributed by atoms with Gasteiger partial charge >= 0.3 is 0 Å². The quantitative estimate of drug-likeness (QED) is 0.911. The van der Waals surface area contributed by atoms with Crippen molar-refractivity contribution in [2.45, 2.75) is 38.6 Å². The van der Waals surface area contributed by atoms with Gasteiger partial charge in [-0.3, -0.25) is 14.5 Å². The topological polar surface area (TPSA) is 65.5 Å². The summed E-state index contributed by atoms with van der Waals surface area (Å²) < 4.78 is 0. The Bertz CT molecular complexity index is 542. The number of hydrogen-bond acceptors (Lipinski definition) is 5. The van der Waals surface area contributed by atoms with Crippen LogP contribution < -0.4 is 5.32 Å². The molecule has 0 aliphatic carbocycles. The first-order valence-corrected chi connectivity index (χ1v) is 9.26. The molecule has 0 spiro atoms. The summed E-state index contributed by atoms with van der Waals surface area (Å²) in [5.41, 5.74) is 0. The summed E-state index contributed by atoms with van der Waals surface area (Å²) in [5, 5.41) is 5.38. The summed E-state index contributed by atoms with van der Waals surface area (Å²) in [5.74, 6) is 0.162. The number of amides is 2. The molecule has 3 rings (SSSR count). The largest absolute Gasteiger partial charge is 0.341 e.